The van der Waals surface area contributed by atoms with E-state index in [9.17, 15) is 19.1 Å². The molecular weight excluding hydrogens is 459 g/mol. The van der Waals surface area contributed by atoms with Crippen molar-refractivity contribution in [3.05, 3.63) is 57.3 Å². The molecule has 35 heavy (non-hydrogen) atoms. The van der Waals surface area contributed by atoms with Crippen LogP contribution in [0.1, 0.15) is 40.5 Å². The Balaban J connectivity index is 1.47. The lowest BCUT2D eigenvalue weighted by molar-refractivity contribution is 0.00413. The molecule has 0 radical (unpaired) electrons. The van der Waals surface area contributed by atoms with E-state index >= 15 is 0 Å². The Bertz CT molecular complexity index is 1330. The second kappa shape index (κ2) is 9.19. The van der Waals surface area contributed by atoms with Crippen molar-refractivity contribution in [3.8, 4) is 17.1 Å². The molecule has 0 atom stereocenters. The van der Waals surface area contributed by atoms with Crippen molar-refractivity contribution in [2.75, 3.05) is 26.4 Å². The Morgan fingerprint density at radius 1 is 1.26 bits per heavy atom. The van der Waals surface area contributed by atoms with Crippen molar-refractivity contribution in [3.63, 3.8) is 0 Å². The van der Waals surface area contributed by atoms with Crippen LogP contribution in [0.25, 0.3) is 11.4 Å². The van der Waals surface area contributed by atoms with Crippen LogP contribution in [0.2, 0.25) is 0 Å². The van der Waals surface area contributed by atoms with Gasteiger partial charge in [0.15, 0.2) is 11.5 Å². The number of aromatic nitrogens is 5. The molecule has 1 aromatic carbocycles. The van der Waals surface area contributed by atoms with Gasteiger partial charge in [-0.15, -0.1) is 0 Å². The Kier molecular flexibility index (Phi) is 6.07. The number of aromatic hydroxyl groups is 1. The number of H-pyrrole nitrogens is 1. The van der Waals surface area contributed by atoms with Gasteiger partial charge >= 0.3 is 0 Å². The number of fused-ring (bicyclic) bond motifs is 2. The first-order valence-electron chi connectivity index (χ1n) is 11.3. The second-order valence-electron chi connectivity index (χ2n) is 8.75. The van der Waals surface area contributed by atoms with Crippen molar-refractivity contribution in [2.45, 2.75) is 38.3 Å². The molecule has 0 aliphatic carbocycles. The molecule has 184 valence electrons. The minimum Gasteiger partial charge on any atom is -0.501 e. The minimum atomic E-state index is -0.723. The van der Waals surface area contributed by atoms with Crippen molar-refractivity contribution in [1.29, 1.82) is 0 Å². The van der Waals surface area contributed by atoms with Gasteiger partial charge < -0.3 is 19.9 Å². The number of rotatable bonds is 4. The first kappa shape index (κ1) is 23.1. The number of carbonyl (C=O) groups excluding carboxylic acids is 1. The second-order valence-corrected chi connectivity index (χ2v) is 8.75. The van der Waals surface area contributed by atoms with E-state index in [1.54, 1.807) is 6.92 Å². The van der Waals surface area contributed by atoms with Crippen LogP contribution < -0.4 is 10.9 Å². The lowest BCUT2D eigenvalue weighted by Gasteiger charge is -2.35. The van der Waals surface area contributed by atoms with Crippen molar-refractivity contribution < 1.29 is 23.8 Å². The molecular formula is C23H25FN6O5. The molecule has 2 aliphatic rings. The summed E-state index contributed by atoms with van der Waals surface area (Å²) in [5, 5.41) is 20.0. The molecule has 1 saturated heterocycles. The summed E-state index contributed by atoms with van der Waals surface area (Å²) in [6.07, 6.45) is 1.17. The Morgan fingerprint density at radius 3 is 2.80 bits per heavy atom. The van der Waals surface area contributed by atoms with E-state index in [0.717, 1.165) is 0 Å². The zero-order chi connectivity index (χ0) is 24.6. The van der Waals surface area contributed by atoms with Gasteiger partial charge in [-0.3, -0.25) is 19.3 Å². The number of ether oxygens (including phenoxy) is 2. The van der Waals surface area contributed by atoms with Crippen molar-refractivity contribution >= 4 is 5.91 Å². The summed E-state index contributed by atoms with van der Waals surface area (Å²) >= 11 is 0. The molecule has 0 saturated carbocycles. The fourth-order valence-corrected chi connectivity index (χ4v) is 4.58. The van der Waals surface area contributed by atoms with E-state index < -0.39 is 28.4 Å². The summed E-state index contributed by atoms with van der Waals surface area (Å²) in [6, 6.07) is 4.09. The van der Waals surface area contributed by atoms with Gasteiger partial charge in [-0.1, -0.05) is 6.07 Å². The number of carbonyl (C=O) groups is 1. The molecule has 11 nitrogen and oxygen atoms in total. The number of nitrogens with one attached hydrogen (secondary N) is 2. The van der Waals surface area contributed by atoms with E-state index in [4.69, 9.17) is 9.47 Å². The molecule has 3 aromatic rings. The predicted molar refractivity (Wildman–Crippen MR) is 120 cm³/mol. The normalized spacial score (nSPS) is 17.1. The summed E-state index contributed by atoms with van der Waals surface area (Å²) in [7, 11) is 0. The highest BCUT2D eigenvalue weighted by molar-refractivity contribution is 5.94. The van der Waals surface area contributed by atoms with Gasteiger partial charge in [-0.25, -0.2) is 14.4 Å². The number of amides is 1. The Morgan fingerprint density at radius 2 is 2.06 bits per heavy atom. The van der Waals surface area contributed by atoms with Gasteiger partial charge in [0.1, 0.15) is 17.5 Å². The number of hydrogen-bond donors (Lipinski definition) is 3. The van der Waals surface area contributed by atoms with Gasteiger partial charge in [-0.2, -0.15) is 5.10 Å². The van der Waals surface area contributed by atoms with Crippen LogP contribution >= 0.6 is 0 Å². The van der Waals surface area contributed by atoms with Gasteiger partial charge in [0.2, 0.25) is 5.75 Å². The molecule has 3 N–H and O–H groups in total. The number of aromatic amines is 1. The number of aryl methyl sites for hydroxylation is 1. The minimum absolute atomic E-state index is 0.0180. The molecule has 1 amide bonds. The smallest absolute Gasteiger partial charge is 0.296 e. The first-order valence-corrected chi connectivity index (χ1v) is 11.3. The van der Waals surface area contributed by atoms with Gasteiger partial charge in [0, 0.05) is 25.3 Å². The molecule has 0 unspecified atom stereocenters. The summed E-state index contributed by atoms with van der Waals surface area (Å²) < 4.78 is 26.6. The van der Waals surface area contributed by atoms with Crippen LogP contribution in [-0.2, 0) is 28.0 Å². The van der Waals surface area contributed by atoms with E-state index in [1.165, 1.54) is 22.8 Å². The molecule has 1 spiro atoms. The van der Waals surface area contributed by atoms with Gasteiger partial charge in [0.05, 0.1) is 25.2 Å². The van der Waals surface area contributed by atoms with Gasteiger partial charge in [0.25, 0.3) is 11.5 Å². The lowest BCUT2D eigenvalue weighted by Crippen LogP contribution is -2.43. The van der Waals surface area contributed by atoms with Crippen LogP contribution in [0, 0.1) is 12.7 Å². The van der Waals surface area contributed by atoms with Crippen LogP contribution in [0.3, 0.4) is 0 Å². The Labute approximate surface area is 199 Å². The quantitative estimate of drug-likeness (QED) is 0.501. The average molecular weight is 484 g/mol. The monoisotopic (exact) mass is 484 g/mol. The summed E-state index contributed by atoms with van der Waals surface area (Å²) in [5.74, 6) is -0.640. The van der Waals surface area contributed by atoms with E-state index in [1.807, 2.05) is 0 Å². The van der Waals surface area contributed by atoms with Crippen molar-refractivity contribution in [2.24, 2.45) is 0 Å². The van der Waals surface area contributed by atoms with E-state index in [2.05, 4.69) is 25.5 Å². The van der Waals surface area contributed by atoms with E-state index in [-0.39, 0.29) is 18.8 Å². The van der Waals surface area contributed by atoms with Crippen molar-refractivity contribution in [1.82, 2.24) is 30.0 Å². The zero-order valence-electron chi connectivity index (χ0n) is 19.1. The first-order chi connectivity index (χ1) is 16.9. The predicted octanol–water partition coefficient (Wildman–Crippen LogP) is 1.19. The largest absolute Gasteiger partial charge is 0.501 e. The van der Waals surface area contributed by atoms with Crippen LogP contribution in [0.15, 0.2) is 23.0 Å². The zero-order valence-corrected chi connectivity index (χ0v) is 19.1. The van der Waals surface area contributed by atoms with Crippen LogP contribution in [-0.4, -0.2) is 62.2 Å². The van der Waals surface area contributed by atoms with E-state index in [0.29, 0.717) is 67.9 Å². The number of nitrogens with zero attached hydrogens (tertiary/aromatic N) is 4. The SMILES string of the molecule is Cc1n[nH]c(-c2cc(F)ccc2CNC(=O)c2nc3n(c(=O)c2O)CCOCC32CCOCC2)n1. The lowest BCUT2D eigenvalue weighted by atomic mass is 9.80. The fraction of sp³-hybridized carbons (Fsp3) is 0.435. The standard InChI is InChI=1S/C23H25FN6O5/c1-13-26-19(29-28-13)16-10-15(24)3-2-14(16)11-25-20(32)17-18(31)21(33)30-6-9-35-12-23(22(30)27-17)4-7-34-8-5-23/h2-3,10,31H,4-9,11-12H2,1H3,(H,25,32)(H,26,28,29). The maximum absolute atomic E-state index is 13.9. The maximum atomic E-state index is 13.9. The summed E-state index contributed by atoms with van der Waals surface area (Å²) in [5.41, 5.74) is -0.617. The van der Waals surface area contributed by atoms with Crippen LogP contribution in [0.5, 0.6) is 5.75 Å². The highest BCUT2D eigenvalue weighted by atomic mass is 19.1. The highest BCUT2D eigenvalue weighted by Crippen LogP contribution is 2.35. The fourth-order valence-electron chi connectivity index (χ4n) is 4.58. The third-order valence-electron chi connectivity index (χ3n) is 6.49. The molecule has 2 aromatic heterocycles. The number of hydrogen-bond acceptors (Lipinski definition) is 8. The molecule has 5 rings (SSSR count). The number of benzene rings is 1. The third kappa shape index (κ3) is 4.30. The molecule has 2 aliphatic heterocycles. The third-order valence-corrected chi connectivity index (χ3v) is 6.49. The number of halogens is 1. The summed E-state index contributed by atoms with van der Waals surface area (Å²) in [6.45, 7) is 3.53. The van der Waals surface area contributed by atoms with Crippen LogP contribution in [0.4, 0.5) is 4.39 Å². The maximum Gasteiger partial charge on any atom is 0.296 e. The Hall–Kier alpha value is -3.64. The highest BCUT2D eigenvalue weighted by Gasteiger charge is 2.41. The summed E-state index contributed by atoms with van der Waals surface area (Å²) in [4.78, 5) is 34.9. The molecule has 0 bridgehead atoms. The topological polar surface area (TPSA) is 144 Å². The molecule has 1 fully saturated rings. The van der Waals surface area contributed by atoms with Gasteiger partial charge in [-0.05, 0) is 37.5 Å². The molecule has 4 heterocycles. The average Bonchev–Trinajstić information content (AvgIpc) is 3.22. The molecule has 12 heteroatoms.